The Morgan fingerprint density at radius 3 is 2.95 bits per heavy atom. The molecule has 0 saturated carbocycles. The number of alkyl carbamates (subject to hydrolysis) is 1. The molecule has 2 heterocycles. The molecule has 1 aromatic heterocycles. The van der Waals surface area contributed by atoms with Gasteiger partial charge in [-0.1, -0.05) is 6.07 Å². The molecule has 0 aliphatic carbocycles. The number of amides is 1. The van der Waals surface area contributed by atoms with Gasteiger partial charge < -0.3 is 10.1 Å². The van der Waals surface area contributed by atoms with Crippen molar-refractivity contribution >= 4 is 17.4 Å². The average Bonchev–Trinajstić information content (AvgIpc) is 3.05. The molecule has 1 N–H and O–H groups in total. The van der Waals surface area contributed by atoms with E-state index in [2.05, 4.69) is 34.7 Å². The molecule has 2 rings (SSSR count). The molecule has 1 aromatic rings. The molecule has 0 spiro atoms. The van der Waals surface area contributed by atoms with Crippen LogP contribution in [0.3, 0.4) is 0 Å². The van der Waals surface area contributed by atoms with E-state index in [4.69, 9.17) is 4.74 Å². The second kappa shape index (κ2) is 6.79. The van der Waals surface area contributed by atoms with Gasteiger partial charge >= 0.3 is 6.09 Å². The highest BCUT2D eigenvalue weighted by Gasteiger charge is 2.30. The monoisotopic (exact) mass is 310 g/mol. The van der Waals surface area contributed by atoms with Crippen LogP contribution < -0.4 is 5.32 Å². The van der Waals surface area contributed by atoms with Crippen LogP contribution in [0.4, 0.5) is 4.79 Å². The minimum Gasteiger partial charge on any atom is -0.444 e. The maximum absolute atomic E-state index is 11.8. The van der Waals surface area contributed by atoms with Gasteiger partial charge in [0.25, 0.3) is 0 Å². The molecule has 0 aromatic carbocycles. The van der Waals surface area contributed by atoms with Gasteiger partial charge in [-0.15, -0.1) is 11.3 Å². The minimum absolute atomic E-state index is 0.321. The molecule has 1 fully saturated rings. The van der Waals surface area contributed by atoms with Crippen LogP contribution in [0.2, 0.25) is 0 Å². The molecule has 1 aliphatic heterocycles. The SMILES string of the molecule is C[C@@H](c1cccs1)N1CCC[C@H]1CNC(=O)OC(C)(C)C. The van der Waals surface area contributed by atoms with E-state index >= 15 is 0 Å². The van der Waals surface area contributed by atoms with E-state index in [0.717, 1.165) is 13.0 Å². The van der Waals surface area contributed by atoms with Crippen LogP contribution in [-0.4, -0.2) is 35.7 Å². The third-order valence-electron chi connectivity index (χ3n) is 3.76. The lowest BCUT2D eigenvalue weighted by atomic mass is 10.1. The van der Waals surface area contributed by atoms with Crippen molar-refractivity contribution in [3.63, 3.8) is 0 Å². The Bertz CT molecular complexity index is 453. The van der Waals surface area contributed by atoms with Crippen LogP contribution in [0.15, 0.2) is 17.5 Å². The van der Waals surface area contributed by atoms with Crippen LogP contribution in [0.5, 0.6) is 0 Å². The Kier molecular flexibility index (Phi) is 5.27. The molecule has 118 valence electrons. The van der Waals surface area contributed by atoms with Gasteiger partial charge in [0.1, 0.15) is 5.60 Å². The third-order valence-corrected chi connectivity index (χ3v) is 4.80. The molecule has 0 bridgehead atoms. The van der Waals surface area contributed by atoms with Crippen molar-refractivity contribution in [2.75, 3.05) is 13.1 Å². The highest BCUT2D eigenvalue weighted by Crippen LogP contribution is 2.31. The molecular formula is C16H26N2O2S. The Morgan fingerprint density at radius 2 is 2.33 bits per heavy atom. The molecular weight excluding hydrogens is 284 g/mol. The first-order chi connectivity index (χ1) is 9.87. The summed E-state index contributed by atoms with van der Waals surface area (Å²) in [5.41, 5.74) is -0.441. The van der Waals surface area contributed by atoms with Gasteiger partial charge in [-0.25, -0.2) is 4.79 Å². The lowest BCUT2D eigenvalue weighted by Crippen LogP contribution is -2.42. The second-order valence-electron chi connectivity index (χ2n) is 6.61. The lowest BCUT2D eigenvalue weighted by Gasteiger charge is -2.30. The quantitative estimate of drug-likeness (QED) is 0.919. The second-order valence-corrected chi connectivity index (χ2v) is 7.59. The summed E-state index contributed by atoms with van der Waals surface area (Å²) in [5, 5.41) is 5.03. The van der Waals surface area contributed by atoms with Gasteiger partial charge in [0.05, 0.1) is 0 Å². The Morgan fingerprint density at radius 1 is 1.57 bits per heavy atom. The van der Waals surface area contributed by atoms with Crippen LogP contribution in [0.25, 0.3) is 0 Å². The van der Waals surface area contributed by atoms with E-state index in [0.29, 0.717) is 18.6 Å². The zero-order valence-electron chi connectivity index (χ0n) is 13.4. The number of likely N-dealkylation sites (tertiary alicyclic amines) is 1. The zero-order valence-corrected chi connectivity index (χ0v) is 14.2. The number of nitrogens with one attached hydrogen (secondary N) is 1. The molecule has 2 atom stereocenters. The normalized spacial score (nSPS) is 21.2. The van der Waals surface area contributed by atoms with Gasteiger partial charge in [0.2, 0.25) is 0 Å². The maximum Gasteiger partial charge on any atom is 0.407 e. The van der Waals surface area contributed by atoms with E-state index < -0.39 is 5.60 Å². The molecule has 1 aliphatic rings. The Balaban J connectivity index is 1.86. The summed E-state index contributed by atoms with van der Waals surface area (Å²) in [5.74, 6) is 0. The summed E-state index contributed by atoms with van der Waals surface area (Å²) < 4.78 is 5.30. The van der Waals surface area contributed by atoms with Gasteiger partial charge in [-0.2, -0.15) is 0 Å². The van der Waals surface area contributed by atoms with E-state index in [1.807, 2.05) is 20.8 Å². The van der Waals surface area contributed by atoms with Crippen molar-refractivity contribution in [2.24, 2.45) is 0 Å². The van der Waals surface area contributed by atoms with Crippen LogP contribution >= 0.6 is 11.3 Å². The lowest BCUT2D eigenvalue weighted by molar-refractivity contribution is 0.0508. The van der Waals surface area contributed by atoms with Crippen molar-refractivity contribution in [2.45, 2.75) is 58.2 Å². The van der Waals surface area contributed by atoms with Gasteiger partial charge in [-0.05, 0) is 58.5 Å². The highest BCUT2D eigenvalue weighted by molar-refractivity contribution is 7.10. The predicted molar refractivity (Wildman–Crippen MR) is 86.7 cm³/mol. The van der Waals surface area contributed by atoms with E-state index in [1.165, 1.54) is 11.3 Å². The molecule has 21 heavy (non-hydrogen) atoms. The average molecular weight is 310 g/mol. The first-order valence-corrected chi connectivity index (χ1v) is 8.51. The molecule has 1 amide bonds. The van der Waals surface area contributed by atoms with E-state index in [1.54, 1.807) is 11.3 Å². The molecule has 1 saturated heterocycles. The summed E-state index contributed by atoms with van der Waals surface area (Å²) in [4.78, 5) is 15.6. The van der Waals surface area contributed by atoms with Gasteiger partial charge in [0.15, 0.2) is 0 Å². The fourth-order valence-electron chi connectivity index (χ4n) is 2.79. The van der Waals surface area contributed by atoms with Crippen LogP contribution in [-0.2, 0) is 4.74 Å². The van der Waals surface area contributed by atoms with E-state index in [9.17, 15) is 4.79 Å². The van der Waals surface area contributed by atoms with Crippen molar-refractivity contribution in [1.82, 2.24) is 10.2 Å². The van der Waals surface area contributed by atoms with Crippen molar-refractivity contribution in [3.8, 4) is 0 Å². The summed E-state index contributed by atoms with van der Waals surface area (Å²) in [6, 6.07) is 5.10. The molecule has 0 unspecified atom stereocenters. The smallest absolute Gasteiger partial charge is 0.407 e. The summed E-state index contributed by atoms with van der Waals surface area (Å²) in [6.45, 7) is 9.65. The predicted octanol–water partition coefficient (Wildman–Crippen LogP) is 3.80. The largest absolute Gasteiger partial charge is 0.444 e. The summed E-state index contributed by atoms with van der Waals surface area (Å²) in [6.07, 6.45) is 2.00. The van der Waals surface area contributed by atoms with Crippen molar-refractivity contribution in [1.29, 1.82) is 0 Å². The molecule has 4 nitrogen and oxygen atoms in total. The highest BCUT2D eigenvalue weighted by atomic mass is 32.1. The number of carbonyl (C=O) groups is 1. The first kappa shape index (κ1) is 16.3. The van der Waals surface area contributed by atoms with E-state index in [-0.39, 0.29) is 6.09 Å². The number of ether oxygens (including phenoxy) is 1. The van der Waals surface area contributed by atoms with Crippen molar-refractivity contribution in [3.05, 3.63) is 22.4 Å². The Hall–Kier alpha value is -1.07. The fourth-order valence-corrected chi connectivity index (χ4v) is 3.60. The zero-order chi connectivity index (χ0) is 15.5. The van der Waals surface area contributed by atoms with Gasteiger partial charge in [0, 0.05) is 23.5 Å². The van der Waals surface area contributed by atoms with Crippen molar-refractivity contribution < 1.29 is 9.53 Å². The fraction of sp³-hybridized carbons (Fsp3) is 0.688. The Labute approximate surface area is 131 Å². The number of thiophene rings is 1. The number of hydrogen-bond donors (Lipinski definition) is 1. The molecule has 5 heteroatoms. The first-order valence-electron chi connectivity index (χ1n) is 7.63. The molecule has 0 radical (unpaired) electrons. The maximum atomic E-state index is 11.8. The van der Waals surface area contributed by atoms with Crippen LogP contribution in [0, 0.1) is 0 Å². The van der Waals surface area contributed by atoms with Crippen LogP contribution in [0.1, 0.15) is 51.5 Å². The summed E-state index contributed by atoms with van der Waals surface area (Å²) in [7, 11) is 0. The van der Waals surface area contributed by atoms with Gasteiger partial charge in [-0.3, -0.25) is 4.90 Å². The number of rotatable bonds is 4. The standard InChI is InChI=1S/C16H26N2O2S/c1-12(14-8-6-10-21-14)18-9-5-7-13(18)11-17-15(19)20-16(2,3)4/h6,8,10,12-13H,5,7,9,11H2,1-4H3,(H,17,19)/t12-,13-/m0/s1. The number of nitrogens with zero attached hydrogens (tertiary/aromatic N) is 1. The topological polar surface area (TPSA) is 41.6 Å². The number of hydrogen-bond acceptors (Lipinski definition) is 4. The minimum atomic E-state index is -0.441. The number of carbonyl (C=O) groups excluding carboxylic acids is 1. The summed E-state index contributed by atoms with van der Waals surface area (Å²) >= 11 is 1.80. The third kappa shape index (κ3) is 4.71.